The molecule has 0 atom stereocenters. The maximum Gasteiger partial charge on any atom is 0.276 e. The molecule has 3 N–H and O–H groups in total. The van der Waals surface area contributed by atoms with Crippen molar-refractivity contribution in [2.24, 2.45) is 0 Å². The van der Waals surface area contributed by atoms with Crippen LogP contribution in [-0.4, -0.2) is 29.3 Å². The van der Waals surface area contributed by atoms with Gasteiger partial charge in [0, 0.05) is 9.86 Å². The van der Waals surface area contributed by atoms with Crippen molar-refractivity contribution in [3.8, 4) is 0 Å². The van der Waals surface area contributed by atoms with Crippen LogP contribution in [0.1, 0.15) is 10.4 Å². The van der Waals surface area contributed by atoms with Crippen LogP contribution in [0.25, 0.3) is 10.9 Å². The molecule has 7 nitrogen and oxygen atoms in total. The second-order valence-electron chi connectivity index (χ2n) is 5.39. The Morgan fingerprint density at radius 2 is 2.19 bits per heavy atom. The number of carbonyl (C=O) groups is 1. The number of nitrogens with zero attached hydrogens (tertiary/aromatic N) is 1. The largest absolute Gasteiger partial charge is 0.499 e. The third-order valence-electron chi connectivity index (χ3n) is 3.65. The Kier molecular flexibility index (Phi) is 6.05. The number of halogens is 2. The van der Waals surface area contributed by atoms with E-state index < -0.39 is 11.7 Å². The molecule has 3 aromatic rings. The third-order valence-corrected chi connectivity index (χ3v) is 4.14. The number of hydrogen-bond acceptors (Lipinski definition) is 5. The molecule has 0 aliphatic carbocycles. The summed E-state index contributed by atoms with van der Waals surface area (Å²) in [5.41, 5.74) is 3.95. The summed E-state index contributed by atoms with van der Waals surface area (Å²) in [6, 6.07) is 7.91. The molecule has 3 rings (SSSR count). The maximum atomic E-state index is 14.3. The molecule has 1 aromatic heterocycles. The quantitative estimate of drug-likeness (QED) is 0.283. The van der Waals surface area contributed by atoms with Gasteiger partial charge in [0.05, 0.1) is 34.9 Å². The molecule has 27 heavy (non-hydrogen) atoms. The summed E-state index contributed by atoms with van der Waals surface area (Å²) in [6.07, 6.45) is 2.84. The van der Waals surface area contributed by atoms with Crippen LogP contribution in [0.2, 0.25) is 0 Å². The standard InChI is InChI=1S/C18H16BrFN4O3/c1-2-26-7-8-27-24-18(25)12-4-6-15-13(10-21-23-15)17(12)22-16-5-3-11(19)9-14(16)20/h2-6,9-10,22H,1,7-8H2,(H,21,23)(H,24,25). The zero-order valence-electron chi connectivity index (χ0n) is 14.1. The van der Waals surface area contributed by atoms with E-state index in [9.17, 15) is 9.18 Å². The Morgan fingerprint density at radius 1 is 1.33 bits per heavy atom. The predicted molar refractivity (Wildman–Crippen MR) is 103 cm³/mol. The molecule has 9 heteroatoms. The van der Waals surface area contributed by atoms with E-state index in [-0.39, 0.29) is 24.5 Å². The molecule has 1 amide bonds. The predicted octanol–water partition coefficient (Wildman–Crippen LogP) is 4.03. The number of nitrogens with one attached hydrogen (secondary N) is 3. The smallest absolute Gasteiger partial charge is 0.276 e. The molecule has 0 saturated carbocycles. The Hall–Kier alpha value is -2.91. The summed E-state index contributed by atoms with van der Waals surface area (Å²) in [4.78, 5) is 17.6. The van der Waals surface area contributed by atoms with Crippen LogP contribution in [-0.2, 0) is 9.57 Å². The SMILES string of the molecule is C=COCCONC(=O)c1ccc2[nH]ncc2c1Nc1ccc(Br)cc1F. The van der Waals surface area contributed by atoms with Crippen molar-refractivity contribution in [1.29, 1.82) is 0 Å². The monoisotopic (exact) mass is 434 g/mol. The molecule has 0 aliphatic rings. The minimum absolute atomic E-state index is 0.149. The molecule has 1 heterocycles. The zero-order chi connectivity index (χ0) is 19.2. The highest BCUT2D eigenvalue weighted by Gasteiger charge is 2.17. The number of benzene rings is 2. The van der Waals surface area contributed by atoms with E-state index in [0.717, 1.165) is 0 Å². The number of hydrogen-bond donors (Lipinski definition) is 3. The van der Waals surface area contributed by atoms with Crippen LogP contribution in [0.5, 0.6) is 0 Å². The minimum atomic E-state index is -0.489. The van der Waals surface area contributed by atoms with Crippen LogP contribution in [0, 0.1) is 5.82 Å². The van der Waals surface area contributed by atoms with E-state index in [1.54, 1.807) is 30.5 Å². The molecule has 140 valence electrons. The topological polar surface area (TPSA) is 88.3 Å². The molecule has 2 aromatic carbocycles. The number of hydroxylamine groups is 1. The maximum absolute atomic E-state index is 14.3. The first-order valence-electron chi connectivity index (χ1n) is 7.93. The van der Waals surface area contributed by atoms with Crippen molar-refractivity contribution in [1.82, 2.24) is 15.7 Å². The Morgan fingerprint density at radius 3 is 2.96 bits per heavy atom. The van der Waals surface area contributed by atoms with Gasteiger partial charge in [0.1, 0.15) is 19.0 Å². The lowest BCUT2D eigenvalue weighted by Crippen LogP contribution is -2.26. The number of amides is 1. The highest BCUT2D eigenvalue weighted by molar-refractivity contribution is 9.10. The van der Waals surface area contributed by atoms with Crippen molar-refractivity contribution in [2.75, 3.05) is 18.5 Å². The first-order chi connectivity index (χ1) is 13.1. The van der Waals surface area contributed by atoms with Crippen LogP contribution < -0.4 is 10.8 Å². The Labute approximate surface area is 162 Å². The van der Waals surface area contributed by atoms with E-state index in [2.05, 4.69) is 43.5 Å². The van der Waals surface area contributed by atoms with Crippen molar-refractivity contribution >= 4 is 44.1 Å². The van der Waals surface area contributed by atoms with Crippen LogP contribution in [0.4, 0.5) is 15.8 Å². The number of fused-ring (bicyclic) bond motifs is 1. The lowest BCUT2D eigenvalue weighted by Gasteiger charge is -2.14. The second kappa shape index (κ2) is 8.65. The summed E-state index contributed by atoms with van der Waals surface area (Å²) in [5, 5.41) is 10.4. The molecule has 0 spiro atoms. The van der Waals surface area contributed by atoms with Crippen molar-refractivity contribution in [3.05, 3.63) is 65.2 Å². The number of anilines is 2. The van der Waals surface area contributed by atoms with Gasteiger partial charge in [-0.05, 0) is 30.3 Å². The summed E-state index contributed by atoms with van der Waals surface area (Å²) in [5.74, 6) is -0.953. The third kappa shape index (κ3) is 4.44. The van der Waals surface area contributed by atoms with E-state index >= 15 is 0 Å². The van der Waals surface area contributed by atoms with Crippen LogP contribution in [0.15, 0.2) is 53.8 Å². The highest BCUT2D eigenvalue weighted by Crippen LogP contribution is 2.31. The van der Waals surface area contributed by atoms with Crippen LogP contribution in [0.3, 0.4) is 0 Å². The fraction of sp³-hybridized carbons (Fsp3) is 0.111. The molecule has 0 saturated heterocycles. The number of carbonyl (C=O) groups excluding carboxylic acids is 1. The summed E-state index contributed by atoms with van der Waals surface area (Å²) < 4.78 is 19.8. The van der Waals surface area contributed by atoms with Gasteiger partial charge in [0.2, 0.25) is 0 Å². The molecule has 0 fully saturated rings. The summed E-state index contributed by atoms with van der Waals surface area (Å²) in [6.45, 7) is 3.81. The van der Waals surface area contributed by atoms with E-state index in [1.165, 1.54) is 12.3 Å². The molecule has 0 unspecified atom stereocenters. The van der Waals surface area contributed by atoms with Gasteiger partial charge in [-0.15, -0.1) is 0 Å². The molecular weight excluding hydrogens is 419 g/mol. The van der Waals surface area contributed by atoms with Gasteiger partial charge in [-0.1, -0.05) is 22.5 Å². The Balaban J connectivity index is 1.87. The van der Waals surface area contributed by atoms with E-state index in [4.69, 9.17) is 9.57 Å². The average Bonchev–Trinajstić information content (AvgIpc) is 3.13. The zero-order valence-corrected chi connectivity index (χ0v) is 15.7. The van der Waals surface area contributed by atoms with Crippen molar-refractivity contribution in [3.63, 3.8) is 0 Å². The van der Waals surface area contributed by atoms with E-state index in [0.29, 0.717) is 21.1 Å². The first kappa shape index (κ1) is 18.9. The van der Waals surface area contributed by atoms with Gasteiger partial charge >= 0.3 is 0 Å². The fourth-order valence-corrected chi connectivity index (χ4v) is 2.74. The number of ether oxygens (including phenoxy) is 1. The number of H-pyrrole nitrogens is 1. The van der Waals surface area contributed by atoms with Crippen molar-refractivity contribution in [2.45, 2.75) is 0 Å². The summed E-state index contributed by atoms with van der Waals surface area (Å²) in [7, 11) is 0. The van der Waals surface area contributed by atoms with Crippen LogP contribution >= 0.6 is 15.9 Å². The minimum Gasteiger partial charge on any atom is -0.499 e. The van der Waals surface area contributed by atoms with Gasteiger partial charge in [0.25, 0.3) is 5.91 Å². The molecular formula is C18H16BrFN4O3. The van der Waals surface area contributed by atoms with Crippen molar-refractivity contribution < 1.29 is 18.8 Å². The van der Waals surface area contributed by atoms with Gasteiger partial charge in [-0.25, -0.2) is 9.87 Å². The second-order valence-corrected chi connectivity index (χ2v) is 6.30. The number of rotatable bonds is 8. The first-order valence-corrected chi connectivity index (χ1v) is 8.72. The highest BCUT2D eigenvalue weighted by atomic mass is 79.9. The van der Waals surface area contributed by atoms with Gasteiger partial charge in [-0.3, -0.25) is 14.7 Å². The number of aromatic amines is 1. The Bertz CT molecular complexity index is 976. The lowest BCUT2D eigenvalue weighted by atomic mass is 10.1. The van der Waals surface area contributed by atoms with E-state index in [1.807, 2.05) is 0 Å². The molecule has 0 bridgehead atoms. The average molecular weight is 435 g/mol. The number of aromatic nitrogens is 2. The molecule has 0 aliphatic heterocycles. The summed E-state index contributed by atoms with van der Waals surface area (Å²) >= 11 is 3.22. The fourth-order valence-electron chi connectivity index (χ4n) is 2.41. The lowest BCUT2D eigenvalue weighted by molar-refractivity contribution is 0.0145. The normalized spacial score (nSPS) is 10.6. The van der Waals surface area contributed by atoms with Gasteiger partial charge in [-0.2, -0.15) is 5.10 Å². The van der Waals surface area contributed by atoms with Gasteiger partial charge in [0.15, 0.2) is 0 Å². The molecule has 0 radical (unpaired) electrons. The van der Waals surface area contributed by atoms with Gasteiger partial charge < -0.3 is 10.1 Å².